The van der Waals surface area contributed by atoms with E-state index in [9.17, 15) is 13.2 Å². The minimum Gasteiger partial charge on any atom is -0.324 e. The second kappa shape index (κ2) is 8.92. The highest BCUT2D eigenvalue weighted by molar-refractivity contribution is 7.91. The lowest BCUT2D eigenvalue weighted by Gasteiger charge is -2.35. The molecule has 1 atom stereocenters. The Kier molecular flexibility index (Phi) is 6.77. The molecule has 2 heterocycles. The molecule has 1 aliphatic heterocycles. The number of benzene rings is 1. The van der Waals surface area contributed by atoms with Crippen LogP contribution >= 0.6 is 22.9 Å². The predicted octanol–water partition coefficient (Wildman–Crippen LogP) is 3.48. The van der Waals surface area contributed by atoms with E-state index in [2.05, 4.69) is 14.9 Å². The van der Waals surface area contributed by atoms with Crippen molar-refractivity contribution in [3.05, 3.63) is 46.3 Å². The van der Waals surface area contributed by atoms with E-state index < -0.39 is 10.0 Å². The first-order chi connectivity index (χ1) is 13.3. The Balaban J connectivity index is 1.54. The van der Waals surface area contributed by atoms with Gasteiger partial charge in [-0.2, -0.15) is 0 Å². The number of rotatable bonds is 6. The largest absolute Gasteiger partial charge is 0.324 e. The number of carbonyl (C=O) groups is 1. The summed E-state index contributed by atoms with van der Waals surface area (Å²) in [5.41, 5.74) is 1.66. The molecule has 1 aromatic carbocycles. The molecule has 0 bridgehead atoms. The maximum Gasteiger partial charge on any atom is 0.250 e. The minimum atomic E-state index is -3.46. The van der Waals surface area contributed by atoms with Crippen LogP contribution in [0.4, 0.5) is 5.69 Å². The van der Waals surface area contributed by atoms with Crippen LogP contribution in [-0.4, -0.2) is 44.4 Å². The fourth-order valence-corrected chi connectivity index (χ4v) is 5.72. The zero-order valence-corrected chi connectivity index (χ0v) is 18.2. The molecule has 1 amide bonds. The average Bonchev–Trinajstić information content (AvgIpc) is 3.20. The van der Waals surface area contributed by atoms with Crippen molar-refractivity contribution in [3.63, 3.8) is 0 Å². The highest BCUT2D eigenvalue weighted by Crippen LogP contribution is 2.22. The Labute approximate surface area is 174 Å². The molecule has 6 nitrogen and oxygen atoms in total. The third-order valence-electron chi connectivity index (χ3n) is 5.00. The van der Waals surface area contributed by atoms with Crippen LogP contribution in [0.25, 0.3) is 0 Å². The minimum absolute atomic E-state index is 0.0945. The molecule has 2 aromatic rings. The van der Waals surface area contributed by atoms with Crippen LogP contribution < -0.4 is 10.0 Å². The van der Waals surface area contributed by atoms with Gasteiger partial charge < -0.3 is 5.32 Å². The third kappa shape index (κ3) is 5.12. The molecule has 1 aromatic heterocycles. The second-order valence-corrected chi connectivity index (χ2v) is 10.3. The molecule has 0 spiro atoms. The summed E-state index contributed by atoms with van der Waals surface area (Å²) in [6.07, 6.45) is 1.33. The second-order valence-electron chi connectivity index (χ2n) is 6.99. The predicted molar refractivity (Wildman–Crippen MR) is 114 cm³/mol. The highest BCUT2D eigenvalue weighted by atomic mass is 35.5. The summed E-state index contributed by atoms with van der Waals surface area (Å²) in [6, 6.07) is 8.30. The molecule has 1 aliphatic rings. The van der Waals surface area contributed by atoms with Gasteiger partial charge in [-0.15, -0.1) is 11.3 Å². The number of nitrogens with one attached hydrogen (secondary N) is 2. The normalized spacial score (nSPS) is 17.4. The Hall–Kier alpha value is -1.45. The van der Waals surface area contributed by atoms with Gasteiger partial charge in [0.25, 0.3) is 0 Å². The number of halogens is 1. The van der Waals surface area contributed by atoms with E-state index in [0.29, 0.717) is 40.9 Å². The smallest absolute Gasteiger partial charge is 0.250 e. The SMILES string of the molecule is Cc1ccc(Cl)cc1NC(=O)[C@H](C)N1CCC(NS(=O)(=O)c2cccs2)CC1. The van der Waals surface area contributed by atoms with E-state index in [1.54, 1.807) is 29.6 Å². The Morgan fingerprint density at radius 2 is 2.00 bits per heavy atom. The molecule has 0 saturated carbocycles. The van der Waals surface area contributed by atoms with Crippen molar-refractivity contribution in [1.82, 2.24) is 9.62 Å². The lowest BCUT2D eigenvalue weighted by molar-refractivity contribution is -0.121. The zero-order valence-electron chi connectivity index (χ0n) is 15.8. The van der Waals surface area contributed by atoms with Gasteiger partial charge in [-0.1, -0.05) is 23.7 Å². The van der Waals surface area contributed by atoms with E-state index in [4.69, 9.17) is 11.6 Å². The first-order valence-electron chi connectivity index (χ1n) is 9.13. The lowest BCUT2D eigenvalue weighted by Crippen LogP contribution is -2.50. The van der Waals surface area contributed by atoms with Crippen LogP contribution in [0.3, 0.4) is 0 Å². The number of piperidine rings is 1. The van der Waals surface area contributed by atoms with Gasteiger partial charge in [0, 0.05) is 29.8 Å². The van der Waals surface area contributed by atoms with Gasteiger partial charge in [0.1, 0.15) is 4.21 Å². The van der Waals surface area contributed by atoms with Gasteiger partial charge in [0.2, 0.25) is 15.9 Å². The van der Waals surface area contributed by atoms with Crippen LogP contribution in [-0.2, 0) is 14.8 Å². The van der Waals surface area contributed by atoms with Crippen LogP contribution in [0, 0.1) is 6.92 Å². The molecule has 1 fully saturated rings. The number of hydrogen-bond donors (Lipinski definition) is 2. The van der Waals surface area contributed by atoms with E-state index in [0.717, 1.165) is 5.56 Å². The highest BCUT2D eigenvalue weighted by Gasteiger charge is 2.29. The van der Waals surface area contributed by atoms with Gasteiger partial charge in [-0.05, 0) is 55.8 Å². The van der Waals surface area contributed by atoms with Crippen LogP contribution in [0.2, 0.25) is 5.02 Å². The van der Waals surface area contributed by atoms with Crippen molar-refractivity contribution < 1.29 is 13.2 Å². The third-order valence-corrected chi connectivity index (χ3v) is 8.15. The first-order valence-corrected chi connectivity index (χ1v) is 11.9. The van der Waals surface area contributed by atoms with Gasteiger partial charge in [-0.3, -0.25) is 9.69 Å². The van der Waals surface area contributed by atoms with E-state index in [1.165, 1.54) is 11.3 Å². The number of anilines is 1. The Bertz CT molecular complexity index is 924. The number of carbonyl (C=O) groups excluding carboxylic acids is 1. The fraction of sp³-hybridized carbons (Fsp3) is 0.421. The molecule has 0 unspecified atom stereocenters. The first kappa shape index (κ1) is 21.3. The number of amides is 1. The Morgan fingerprint density at radius 3 is 2.64 bits per heavy atom. The van der Waals surface area contributed by atoms with Crippen molar-refractivity contribution in [2.45, 2.75) is 43.0 Å². The molecule has 152 valence electrons. The Morgan fingerprint density at radius 1 is 1.29 bits per heavy atom. The van der Waals surface area contributed by atoms with Gasteiger partial charge in [0.15, 0.2) is 0 Å². The fourth-order valence-electron chi connectivity index (χ4n) is 3.23. The molecule has 1 saturated heterocycles. The van der Waals surface area contributed by atoms with Crippen molar-refractivity contribution in [1.29, 1.82) is 0 Å². The molecule has 28 heavy (non-hydrogen) atoms. The van der Waals surface area contributed by atoms with Crippen LogP contribution in [0.15, 0.2) is 39.9 Å². The summed E-state index contributed by atoms with van der Waals surface area (Å²) in [5, 5.41) is 5.27. The lowest BCUT2D eigenvalue weighted by atomic mass is 10.0. The summed E-state index contributed by atoms with van der Waals surface area (Å²) in [6.45, 7) is 5.09. The maximum absolute atomic E-state index is 12.6. The number of hydrogen-bond acceptors (Lipinski definition) is 5. The average molecular weight is 442 g/mol. The van der Waals surface area contributed by atoms with E-state index >= 15 is 0 Å². The number of nitrogens with zero attached hydrogens (tertiary/aromatic N) is 1. The summed E-state index contributed by atoms with van der Waals surface area (Å²) in [4.78, 5) is 14.7. The molecule has 0 radical (unpaired) electrons. The van der Waals surface area contributed by atoms with Crippen LogP contribution in [0.1, 0.15) is 25.3 Å². The molecule has 0 aliphatic carbocycles. The van der Waals surface area contributed by atoms with Crippen molar-refractivity contribution in [3.8, 4) is 0 Å². The van der Waals surface area contributed by atoms with Crippen LogP contribution in [0.5, 0.6) is 0 Å². The van der Waals surface area contributed by atoms with Crippen molar-refractivity contribution in [2.24, 2.45) is 0 Å². The van der Waals surface area contributed by atoms with Crippen molar-refractivity contribution in [2.75, 3.05) is 18.4 Å². The molecule has 9 heteroatoms. The molecular formula is C19H24ClN3O3S2. The topological polar surface area (TPSA) is 78.5 Å². The zero-order chi connectivity index (χ0) is 20.3. The number of aryl methyl sites for hydroxylation is 1. The molecular weight excluding hydrogens is 418 g/mol. The summed E-state index contributed by atoms with van der Waals surface area (Å²) in [7, 11) is -3.46. The van der Waals surface area contributed by atoms with Gasteiger partial charge >= 0.3 is 0 Å². The quantitative estimate of drug-likeness (QED) is 0.719. The number of likely N-dealkylation sites (tertiary alicyclic amines) is 1. The number of thiophene rings is 1. The molecule has 2 N–H and O–H groups in total. The van der Waals surface area contributed by atoms with Crippen molar-refractivity contribution >= 4 is 44.6 Å². The van der Waals surface area contributed by atoms with E-state index in [1.807, 2.05) is 19.9 Å². The number of sulfonamides is 1. The van der Waals surface area contributed by atoms with E-state index in [-0.39, 0.29) is 18.0 Å². The molecule has 3 rings (SSSR count). The summed E-state index contributed by atoms with van der Waals surface area (Å²) in [5.74, 6) is -0.0945. The van der Waals surface area contributed by atoms with Gasteiger partial charge in [0.05, 0.1) is 6.04 Å². The maximum atomic E-state index is 12.6. The standard InChI is InChI=1S/C19H24ClN3O3S2/c1-13-5-6-15(20)12-17(13)21-19(24)14(2)23-9-7-16(8-10-23)22-28(25,26)18-4-3-11-27-18/h3-6,11-12,14,16,22H,7-10H2,1-2H3,(H,21,24)/t14-/m0/s1. The summed E-state index contributed by atoms with van der Waals surface area (Å²) >= 11 is 7.22. The summed E-state index contributed by atoms with van der Waals surface area (Å²) < 4.78 is 27.8. The van der Waals surface area contributed by atoms with Gasteiger partial charge in [-0.25, -0.2) is 13.1 Å². The monoisotopic (exact) mass is 441 g/mol.